The maximum absolute atomic E-state index is 11.7. The van der Waals surface area contributed by atoms with Gasteiger partial charge in [-0.3, -0.25) is 9.78 Å². The van der Waals surface area contributed by atoms with Crippen LogP contribution in [-0.4, -0.2) is 16.6 Å². The molecule has 1 heterocycles. The predicted octanol–water partition coefficient (Wildman–Crippen LogP) is 2.24. The third-order valence-corrected chi connectivity index (χ3v) is 2.40. The van der Waals surface area contributed by atoms with Gasteiger partial charge >= 0.3 is 0 Å². The lowest BCUT2D eigenvalue weighted by Gasteiger charge is -2.02. The van der Waals surface area contributed by atoms with Gasteiger partial charge in [0.1, 0.15) is 0 Å². The van der Waals surface area contributed by atoms with Crippen molar-refractivity contribution in [2.24, 2.45) is 5.10 Å². The summed E-state index contributed by atoms with van der Waals surface area (Å²) in [6, 6.07) is 14.5. The molecule has 0 atom stereocenters. The highest BCUT2D eigenvalue weighted by molar-refractivity contribution is 5.99. The van der Waals surface area contributed by atoms with Gasteiger partial charge in [0.2, 0.25) is 0 Å². The highest BCUT2D eigenvalue weighted by Crippen LogP contribution is 1.99. The quantitative estimate of drug-likeness (QED) is 0.659. The van der Waals surface area contributed by atoms with Crippen LogP contribution >= 0.6 is 0 Å². The van der Waals surface area contributed by atoms with Crippen LogP contribution in [-0.2, 0) is 0 Å². The van der Waals surface area contributed by atoms with Crippen LogP contribution < -0.4 is 5.43 Å². The lowest BCUT2D eigenvalue weighted by molar-refractivity contribution is 0.0955. The molecule has 4 heteroatoms. The monoisotopic (exact) mass is 239 g/mol. The molecule has 0 bridgehead atoms. The molecule has 18 heavy (non-hydrogen) atoms. The minimum absolute atomic E-state index is 0.231. The standard InChI is InChI=1S/C14H13N3O/c1-11(13-9-5-6-10-15-13)16-17-14(18)12-7-3-2-4-8-12/h2-10H,1H3,(H,17,18). The Bertz CT molecular complexity index is 550. The van der Waals surface area contributed by atoms with Crippen molar-refractivity contribution < 1.29 is 4.79 Å². The first kappa shape index (κ1) is 12.0. The first-order valence-electron chi connectivity index (χ1n) is 5.58. The molecule has 1 aromatic heterocycles. The number of nitrogens with zero attached hydrogens (tertiary/aromatic N) is 2. The van der Waals surface area contributed by atoms with Crippen LogP contribution in [0.4, 0.5) is 0 Å². The maximum Gasteiger partial charge on any atom is 0.271 e. The van der Waals surface area contributed by atoms with E-state index in [1.807, 2.05) is 36.4 Å². The minimum atomic E-state index is -0.231. The van der Waals surface area contributed by atoms with Crippen molar-refractivity contribution in [1.82, 2.24) is 10.4 Å². The molecule has 0 spiro atoms. The fourth-order valence-electron chi connectivity index (χ4n) is 1.42. The third kappa shape index (κ3) is 3.01. The Balaban J connectivity index is 2.05. The van der Waals surface area contributed by atoms with E-state index in [9.17, 15) is 4.79 Å². The summed E-state index contributed by atoms with van der Waals surface area (Å²) in [5, 5.41) is 4.03. The molecule has 0 unspecified atom stereocenters. The topological polar surface area (TPSA) is 54.4 Å². The zero-order chi connectivity index (χ0) is 12.8. The summed E-state index contributed by atoms with van der Waals surface area (Å²) < 4.78 is 0. The van der Waals surface area contributed by atoms with E-state index in [2.05, 4.69) is 15.5 Å². The van der Waals surface area contributed by atoms with E-state index in [1.54, 1.807) is 25.3 Å². The lowest BCUT2D eigenvalue weighted by Crippen LogP contribution is -2.19. The summed E-state index contributed by atoms with van der Waals surface area (Å²) in [5.41, 5.74) is 4.49. The molecule has 0 radical (unpaired) electrons. The molecule has 0 fully saturated rings. The molecule has 2 aromatic rings. The van der Waals surface area contributed by atoms with E-state index in [0.717, 1.165) is 5.69 Å². The molecule has 90 valence electrons. The average molecular weight is 239 g/mol. The fourth-order valence-corrected chi connectivity index (χ4v) is 1.42. The summed E-state index contributed by atoms with van der Waals surface area (Å²) in [5.74, 6) is -0.231. The Hall–Kier alpha value is -2.49. The van der Waals surface area contributed by atoms with E-state index in [-0.39, 0.29) is 5.91 Å². The number of nitrogens with one attached hydrogen (secondary N) is 1. The number of rotatable bonds is 3. The van der Waals surface area contributed by atoms with Crippen molar-refractivity contribution in [2.45, 2.75) is 6.92 Å². The first-order valence-corrected chi connectivity index (χ1v) is 5.58. The average Bonchev–Trinajstić information content (AvgIpc) is 2.46. The van der Waals surface area contributed by atoms with E-state index in [1.165, 1.54) is 0 Å². The van der Waals surface area contributed by atoms with Crippen molar-refractivity contribution in [3.8, 4) is 0 Å². The lowest BCUT2D eigenvalue weighted by atomic mass is 10.2. The number of carbonyl (C=O) groups is 1. The van der Waals surface area contributed by atoms with Crippen molar-refractivity contribution in [2.75, 3.05) is 0 Å². The molecule has 4 nitrogen and oxygen atoms in total. The zero-order valence-electron chi connectivity index (χ0n) is 10.00. The Kier molecular flexibility index (Phi) is 3.81. The van der Waals surface area contributed by atoms with Gasteiger partial charge < -0.3 is 0 Å². The van der Waals surface area contributed by atoms with Crippen molar-refractivity contribution in [3.63, 3.8) is 0 Å². The van der Waals surface area contributed by atoms with Gasteiger partial charge in [0.15, 0.2) is 0 Å². The second-order valence-electron chi connectivity index (χ2n) is 3.72. The SMILES string of the molecule is CC(=NNC(=O)c1ccccc1)c1ccccn1. The van der Waals surface area contributed by atoms with Crippen molar-refractivity contribution in [1.29, 1.82) is 0 Å². The smallest absolute Gasteiger partial charge is 0.267 e. The van der Waals surface area contributed by atoms with Crippen molar-refractivity contribution in [3.05, 3.63) is 66.0 Å². The number of pyridine rings is 1. The highest BCUT2D eigenvalue weighted by Gasteiger charge is 2.03. The Morgan fingerprint density at radius 2 is 1.83 bits per heavy atom. The van der Waals surface area contributed by atoms with Gasteiger partial charge in [-0.1, -0.05) is 24.3 Å². The Morgan fingerprint density at radius 3 is 2.50 bits per heavy atom. The van der Waals surface area contributed by atoms with Crippen LogP contribution in [0, 0.1) is 0 Å². The fraction of sp³-hybridized carbons (Fsp3) is 0.0714. The van der Waals surface area contributed by atoms with Crippen LogP contribution in [0.2, 0.25) is 0 Å². The Labute approximate surface area is 105 Å². The number of benzene rings is 1. The third-order valence-electron chi connectivity index (χ3n) is 2.40. The van der Waals surface area contributed by atoms with Gasteiger partial charge in [-0.2, -0.15) is 5.10 Å². The van der Waals surface area contributed by atoms with Gasteiger partial charge in [0, 0.05) is 11.8 Å². The molecule has 2 rings (SSSR count). The van der Waals surface area contributed by atoms with Gasteiger partial charge in [-0.15, -0.1) is 0 Å². The van der Waals surface area contributed by atoms with Crippen LogP contribution in [0.3, 0.4) is 0 Å². The van der Waals surface area contributed by atoms with Gasteiger partial charge in [0.25, 0.3) is 5.91 Å². The molecule has 0 saturated carbocycles. The second kappa shape index (κ2) is 5.72. The predicted molar refractivity (Wildman–Crippen MR) is 70.4 cm³/mol. The second-order valence-corrected chi connectivity index (χ2v) is 3.72. The largest absolute Gasteiger partial charge is 0.271 e. The van der Waals surface area contributed by atoms with Crippen LogP contribution in [0.5, 0.6) is 0 Å². The van der Waals surface area contributed by atoms with E-state index in [4.69, 9.17) is 0 Å². The molecule has 0 aliphatic carbocycles. The summed E-state index contributed by atoms with van der Waals surface area (Å²) in [4.78, 5) is 15.9. The van der Waals surface area contributed by atoms with E-state index < -0.39 is 0 Å². The molecular weight excluding hydrogens is 226 g/mol. The maximum atomic E-state index is 11.7. The molecule has 1 N–H and O–H groups in total. The molecule has 0 saturated heterocycles. The zero-order valence-corrected chi connectivity index (χ0v) is 10.00. The number of hydrazone groups is 1. The normalized spacial score (nSPS) is 11.1. The number of aromatic nitrogens is 1. The molecule has 1 aromatic carbocycles. The number of carbonyl (C=O) groups excluding carboxylic acids is 1. The van der Waals surface area contributed by atoms with Crippen LogP contribution in [0.15, 0.2) is 59.8 Å². The van der Waals surface area contributed by atoms with Gasteiger partial charge in [0.05, 0.1) is 11.4 Å². The Morgan fingerprint density at radius 1 is 1.11 bits per heavy atom. The van der Waals surface area contributed by atoms with Crippen molar-refractivity contribution >= 4 is 11.6 Å². The molecule has 0 aliphatic rings. The minimum Gasteiger partial charge on any atom is -0.267 e. The first-order chi connectivity index (χ1) is 8.77. The molecule has 1 amide bonds. The summed E-state index contributed by atoms with van der Waals surface area (Å²) in [7, 11) is 0. The molecular formula is C14H13N3O. The molecule has 0 aliphatic heterocycles. The van der Waals surface area contributed by atoms with Gasteiger partial charge in [-0.25, -0.2) is 5.43 Å². The summed E-state index contributed by atoms with van der Waals surface area (Å²) >= 11 is 0. The van der Waals surface area contributed by atoms with Crippen LogP contribution in [0.1, 0.15) is 23.0 Å². The van der Waals surface area contributed by atoms with E-state index in [0.29, 0.717) is 11.3 Å². The summed E-state index contributed by atoms with van der Waals surface area (Å²) in [6.07, 6.45) is 1.69. The van der Waals surface area contributed by atoms with E-state index >= 15 is 0 Å². The number of amides is 1. The van der Waals surface area contributed by atoms with Crippen LogP contribution in [0.25, 0.3) is 0 Å². The number of hydrogen-bond donors (Lipinski definition) is 1. The summed E-state index contributed by atoms with van der Waals surface area (Å²) in [6.45, 7) is 1.80. The number of hydrogen-bond acceptors (Lipinski definition) is 3. The highest BCUT2D eigenvalue weighted by atomic mass is 16.2. The van der Waals surface area contributed by atoms with Gasteiger partial charge in [-0.05, 0) is 31.2 Å².